The number of fused-ring (bicyclic) bond motifs is 1. The van der Waals surface area contributed by atoms with Crippen molar-refractivity contribution in [2.45, 2.75) is 13.8 Å². The summed E-state index contributed by atoms with van der Waals surface area (Å²) in [6.07, 6.45) is 0. The fraction of sp³-hybridized carbons (Fsp3) is 0.200. The van der Waals surface area contributed by atoms with Gasteiger partial charge in [0.25, 0.3) is 0 Å². The molecule has 4 heteroatoms. The molecule has 0 fully saturated rings. The Morgan fingerprint density at radius 1 is 1.36 bits per heavy atom. The summed E-state index contributed by atoms with van der Waals surface area (Å²) in [4.78, 5) is 10.2. The number of thiophene rings is 1. The van der Waals surface area contributed by atoms with Crippen LogP contribution in [0.25, 0.3) is 10.1 Å². The van der Waals surface area contributed by atoms with Crippen molar-refractivity contribution in [3.05, 3.63) is 39.4 Å². The Labute approximate surface area is 85.1 Å². The Morgan fingerprint density at radius 2 is 2.07 bits per heavy atom. The summed E-state index contributed by atoms with van der Waals surface area (Å²) >= 11 is 1.23. The molecule has 0 aliphatic rings. The smallest absolute Gasteiger partial charge is 0.258 e. The normalized spacial score (nSPS) is 10.7. The lowest BCUT2D eigenvalue weighted by Gasteiger charge is -1.98. The highest BCUT2D eigenvalue weighted by Gasteiger charge is 2.12. The van der Waals surface area contributed by atoms with Gasteiger partial charge in [0.15, 0.2) is 0 Å². The second-order valence-corrected chi connectivity index (χ2v) is 4.32. The fourth-order valence-electron chi connectivity index (χ4n) is 1.44. The molecule has 1 aromatic carbocycles. The minimum Gasteiger partial charge on any atom is -0.258 e. The van der Waals surface area contributed by atoms with E-state index in [2.05, 4.69) is 0 Å². The van der Waals surface area contributed by atoms with E-state index in [-0.39, 0.29) is 9.92 Å². The van der Waals surface area contributed by atoms with Gasteiger partial charge in [-0.25, -0.2) is 0 Å². The maximum atomic E-state index is 10.6. The zero-order valence-corrected chi connectivity index (χ0v) is 8.72. The molecule has 1 heterocycles. The molecular weight excluding hydrogens is 198 g/mol. The van der Waals surface area contributed by atoms with Crippen LogP contribution < -0.4 is 0 Å². The van der Waals surface area contributed by atoms with E-state index >= 15 is 0 Å². The van der Waals surface area contributed by atoms with Crippen molar-refractivity contribution in [1.29, 1.82) is 0 Å². The first-order chi connectivity index (χ1) is 6.59. The third kappa shape index (κ3) is 1.28. The summed E-state index contributed by atoms with van der Waals surface area (Å²) < 4.78 is 0.986. The predicted octanol–water partition coefficient (Wildman–Crippen LogP) is 3.43. The summed E-state index contributed by atoms with van der Waals surface area (Å²) in [5.74, 6) is 0. The summed E-state index contributed by atoms with van der Waals surface area (Å²) in [6.45, 7) is 4.01. The van der Waals surface area contributed by atoms with Gasteiger partial charge in [0.05, 0.1) is 4.92 Å². The lowest BCUT2D eigenvalue weighted by atomic mass is 10.1. The quantitative estimate of drug-likeness (QED) is 0.531. The van der Waals surface area contributed by atoms with E-state index in [9.17, 15) is 10.1 Å². The molecule has 0 aliphatic heterocycles. The van der Waals surface area contributed by atoms with Crippen LogP contribution in [0.2, 0.25) is 0 Å². The highest BCUT2D eigenvalue weighted by molar-refractivity contribution is 7.22. The van der Waals surface area contributed by atoms with Crippen molar-refractivity contribution in [1.82, 2.24) is 0 Å². The second-order valence-electron chi connectivity index (χ2n) is 3.26. The van der Waals surface area contributed by atoms with Crippen molar-refractivity contribution in [3.63, 3.8) is 0 Å². The predicted molar refractivity (Wildman–Crippen MR) is 58.0 cm³/mol. The fourth-order valence-corrected chi connectivity index (χ4v) is 2.37. The van der Waals surface area contributed by atoms with Crippen LogP contribution in [0.4, 0.5) is 5.00 Å². The van der Waals surface area contributed by atoms with Crippen molar-refractivity contribution in [3.8, 4) is 0 Å². The highest BCUT2D eigenvalue weighted by atomic mass is 32.1. The van der Waals surface area contributed by atoms with Gasteiger partial charge in [0.2, 0.25) is 0 Å². The van der Waals surface area contributed by atoms with Gasteiger partial charge in [-0.1, -0.05) is 17.4 Å². The molecule has 0 bridgehead atoms. The van der Waals surface area contributed by atoms with Gasteiger partial charge in [-0.2, -0.15) is 0 Å². The van der Waals surface area contributed by atoms with Gasteiger partial charge >= 0.3 is 5.00 Å². The van der Waals surface area contributed by atoms with Crippen molar-refractivity contribution in [2.24, 2.45) is 0 Å². The number of benzene rings is 1. The van der Waals surface area contributed by atoms with E-state index in [1.54, 1.807) is 6.07 Å². The highest BCUT2D eigenvalue weighted by Crippen LogP contribution is 2.34. The van der Waals surface area contributed by atoms with E-state index in [1.807, 2.05) is 26.0 Å². The Bertz CT molecular complexity index is 516. The standard InChI is InChI=1S/C10H9NO2S/c1-6-3-4-9-8(7(6)2)5-10(14-9)11(12)13/h3-5H,1-2H3. The van der Waals surface area contributed by atoms with Crippen LogP contribution in [0.5, 0.6) is 0 Å². The molecule has 1 aromatic heterocycles. The second kappa shape index (κ2) is 3.06. The summed E-state index contributed by atoms with van der Waals surface area (Å²) in [6, 6.07) is 5.59. The van der Waals surface area contributed by atoms with E-state index < -0.39 is 0 Å². The zero-order valence-electron chi connectivity index (χ0n) is 7.90. The molecule has 0 radical (unpaired) electrons. The Morgan fingerprint density at radius 3 is 2.71 bits per heavy atom. The minimum atomic E-state index is -0.334. The van der Waals surface area contributed by atoms with Crippen LogP contribution in [0.1, 0.15) is 11.1 Å². The molecule has 2 rings (SSSR count). The van der Waals surface area contributed by atoms with Crippen molar-refractivity contribution >= 4 is 26.4 Å². The van der Waals surface area contributed by atoms with Crippen LogP contribution in [0, 0.1) is 24.0 Å². The molecule has 0 unspecified atom stereocenters. The number of hydrogen-bond acceptors (Lipinski definition) is 3. The van der Waals surface area contributed by atoms with Gasteiger partial charge in [-0.3, -0.25) is 10.1 Å². The summed E-state index contributed by atoms with van der Waals surface area (Å²) in [5, 5.41) is 11.8. The van der Waals surface area contributed by atoms with Crippen LogP contribution in [-0.4, -0.2) is 4.92 Å². The molecule has 14 heavy (non-hydrogen) atoms. The van der Waals surface area contributed by atoms with Gasteiger partial charge in [-0.15, -0.1) is 0 Å². The molecule has 72 valence electrons. The molecule has 0 amide bonds. The molecule has 0 aliphatic carbocycles. The third-order valence-corrected chi connectivity index (χ3v) is 3.46. The van der Waals surface area contributed by atoms with E-state index in [0.29, 0.717) is 0 Å². The average molecular weight is 207 g/mol. The number of rotatable bonds is 1. The number of nitro groups is 1. The third-order valence-electron chi connectivity index (χ3n) is 2.41. The van der Waals surface area contributed by atoms with E-state index in [1.165, 1.54) is 16.9 Å². The lowest BCUT2D eigenvalue weighted by Crippen LogP contribution is -1.81. The van der Waals surface area contributed by atoms with Gasteiger partial charge in [-0.05, 0) is 31.0 Å². The average Bonchev–Trinajstić information content (AvgIpc) is 2.56. The molecule has 0 N–H and O–H groups in total. The SMILES string of the molecule is Cc1ccc2sc([N+](=O)[O-])cc2c1C. The lowest BCUT2D eigenvalue weighted by molar-refractivity contribution is -0.380. The van der Waals surface area contributed by atoms with Gasteiger partial charge in [0, 0.05) is 16.2 Å². The molecule has 0 atom stereocenters. The number of nitrogens with zero attached hydrogens (tertiary/aromatic N) is 1. The topological polar surface area (TPSA) is 43.1 Å². The van der Waals surface area contributed by atoms with Crippen LogP contribution in [0.3, 0.4) is 0 Å². The summed E-state index contributed by atoms with van der Waals surface area (Å²) in [7, 11) is 0. The van der Waals surface area contributed by atoms with Crippen LogP contribution in [-0.2, 0) is 0 Å². The number of hydrogen-bond donors (Lipinski definition) is 0. The van der Waals surface area contributed by atoms with Crippen LogP contribution >= 0.6 is 11.3 Å². The summed E-state index contributed by atoms with van der Waals surface area (Å²) in [5.41, 5.74) is 2.30. The zero-order chi connectivity index (χ0) is 10.3. The maximum absolute atomic E-state index is 10.6. The Balaban J connectivity index is 2.77. The monoisotopic (exact) mass is 207 g/mol. The molecular formula is C10H9NO2S. The van der Waals surface area contributed by atoms with E-state index in [0.717, 1.165) is 15.6 Å². The van der Waals surface area contributed by atoms with Crippen molar-refractivity contribution in [2.75, 3.05) is 0 Å². The van der Waals surface area contributed by atoms with Gasteiger partial charge in [0.1, 0.15) is 0 Å². The first-order valence-corrected chi connectivity index (χ1v) is 5.05. The molecule has 0 saturated heterocycles. The molecule has 2 aromatic rings. The molecule has 0 spiro atoms. The first-order valence-electron chi connectivity index (χ1n) is 4.24. The largest absolute Gasteiger partial charge is 0.325 e. The number of aryl methyl sites for hydroxylation is 2. The molecule has 0 saturated carbocycles. The van der Waals surface area contributed by atoms with Gasteiger partial charge < -0.3 is 0 Å². The van der Waals surface area contributed by atoms with Crippen molar-refractivity contribution < 1.29 is 4.92 Å². The Hall–Kier alpha value is -1.42. The van der Waals surface area contributed by atoms with Crippen LogP contribution in [0.15, 0.2) is 18.2 Å². The maximum Gasteiger partial charge on any atom is 0.325 e. The van der Waals surface area contributed by atoms with E-state index in [4.69, 9.17) is 0 Å². The first kappa shape index (κ1) is 9.15. The Kier molecular flexibility index (Phi) is 2.00. The minimum absolute atomic E-state index is 0.216. The molecule has 3 nitrogen and oxygen atoms in total.